The summed E-state index contributed by atoms with van der Waals surface area (Å²) < 4.78 is 13.0. The van der Waals surface area contributed by atoms with E-state index in [0.29, 0.717) is 12.6 Å². The Morgan fingerprint density at radius 2 is 1.90 bits per heavy atom. The molecule has 0 aliphatic heterocycles. The summed E-state index contributed by atoms with van der Waals surface area (Å²) in [5, 5.41) is 3.14. The molecular formula is C17H25FN2O. The van der Waals surface area contributed by atoms with Crippen LogP contribution in [0.3, 0.4) is 0 Å². The van der Waals surface area contributed by atoms with Gasteiger partial charge in [0.2, 0.25) is 0 Å². The highest BCUT2D eigenvalue weighted by Crippen LogP contribution is 2.22. The van der Waals surface area contributed by atoms with Gasteiger partial charge in [-0.15, -0.1) is 0 Å². The molecule has 2 rings (SSSR count). The first-order chi connectivity index (χ1) is 10.1. The molecule has 1 aromatic carbocycles. The molecule has 1 aliphatic rings. The number of carbonyl (C=O) groups is 1. The first-order valence-electron chi connectivity index (χ1n) is 7.94. The number of nitrogens with one attached hydrogen (secondary N) is 1. The predicted octanol–water partition coefficient (Wildman–Crippen LogP) is 4.25. The monoisotopic (exact) mass is 292 g/mol. The molecule has 1 saturated carbocycles. The number of halogens is 1. The summed E-state index contributed by atoms with van der Waals surface area (Å²) in [5.41, 5.74) is 0.956. The van der Waals surface area contributed by atoms with E-state index in [-0.39, 0.29) is 17.9 Å². The van der Waals surface area contributed by atoms with Gasteiger partial charge in [-0.1, -0.05) is 31.4 Å². The van der Waals surface area contributed by atoms with E-state index in [1.54, 1.807) is 12.1 Å². The van der Waals surface area contributed by atoms with Gasteiger partial charge in [0, 0.05) is 12.6 Å². The average Bonchev–Trinajstić information content (AvgIpc) is 2.49. The molecule has 1 N–H and O–H groups in total. The number of hydrogen-bond acceptors (Lipinski definition) is 1. The van der Waals surface area contributed by atoms with Gasteiger partial charge in [-0.2, -0.15) is 0 Å². The number of urea groups is 1. The van der Waals surface area contributed by atoms with E-state index in [2.05, 4.69) is 5.32 Å². The summed E-state index contributed by atoms with van der Waals surface area (Å²) in [6.07, 6.45) is 5.83. The van der Waals surface area contributed by atoms with Crippen molar-refractivity contribution in [2.45, 2.75) is 58.0 Å². The maximum Gasteiger partial charge on any atom is 0.318 e. The van der Waals surface area contributed by atoms with Gasteiger partial charge in [0.05, 0.1) is 6.04 Å². The van der Waals surface area contributed by atoms with E-state index >= 15 is 0 Å². The van der Waals surface area contributed by atoms with Crippen LogP contribution in [0.1, 0.15) is 57.6 Å². The Morgan fingerprint density at radius 1 is 1.29 bits per heavy atom. The van der Waals surface area contributed by atoms with E-state index in [1.165, 1.54) is 31.4 Å². The fourth-order valence-electron chi connectivity index (χ4n) is 3.02. The fraction of sp³-hybridized carbons (Fsp3) is 0.588. The second-order valence-electron chi connectivity index (χ2n) is 5.80. The number of nitrogens with zero attached hydrogens (tertiary/aromatic N) is 1. The van der Waals surface area contributed by atoms with Gasteiger partial charge in [-0.25, -0.2) is 9.18 Å². The van der Waals surface area contributed by atoms with Crippen LogP contribution in [0.25, 0.3) is 0 Å². The molecule has 0 unspecified atom stereocenters. The molecule has 1 fully saturated rings. The van der Waals surface area contributed by atoms with Crippen LogP contribution in [-0.2, 0) is 0 Å². The molecular weight excluding hydrogens is 267 g/mol. The SMILES string of the molecule is CCN(C(=O)NC1CCCCC1)[C@@H](C)c1ccc(F)cc1. The lowest BCUT2D eigenvalue weighted by Gasteiger charge is -2.31. The fourth-order valence-corrected chi connectivity index (χ4v) is 3.02. The zero-order valence-corrected chi connectivity index (χ0v) is 12.9. The molecule has 1 aliphatic carbocycles. The molecule has 0 radical (unpaired) electrons. The maximum absolute atomic E-state index is 13.0. The minimum atomic E-state index is -0.249. The van der Waals surface area contributed by atoms with E-state index < -0.39 is 0 Å². The lowest BCUT2D eigenvalue weighted by molar-refractivity contribution is 0.175. The largest absolute Gasteiger partial charge is 0.335 e. The van der Waals surface area contributed by atoms with Gasteiger partial charge in [0.25, 0.3) is 0 Å². The second-order valence-corrected chi connectivity index (χ2v) is 5.80. The highest BCUT2D eigenvalue weighted by Gasteiger charge is 2.23. The normalized spacial score (nSPS) is 17.3. The Kier molecular flexibility index (Phi) is 5.59. The van der Waals surface area contributed by atoms with Crippen molar-refractivity contribution in [3.8, 4) is 0 Å². The first kappa shape index (κ1) is 15.8. The van der Waals surface area contributed by atoms with E-state index in [1.807, 2.05) is 18.7 Å². The number of benzene rings is 1. The van der Waals surface area contributed by atoms with Crippen LogP contribution in [0.5, 0.6) is 0 Å². The molecule has 116 valence electrons. The summed E-state index contributed by atoms with van der Waals surface area (Å²) in [4.78, 5) is 14.3. The predicted molar refractivity (Wildman–Crippen MR) is 82.6 cm³/mol. The smallest absolute Gasteiger partial charge is 0.318 e. The summed E-state index contributed by atoms with van der Waals surface area (Å²) in [7, 11) is 0. The van der Waals surface area contributed by atoms with Crippen molar-refractivity contribution in [2.75, 3.05) is 6.54 Å². The quantitative estimate of drug-likeness (QED) is 0.884. The maximum atomic E-state index is 13.0. The van der Waals surface area contributed by atoms with E-state index in [4.69, 9.17) is 0 Å². The minimum absolute atomic E-state index is 0.0128. The third kappa shape index (κ3) is 4.19. The molecule has 0 saturated heterocycles. The van der Waals surface area contributed by atoms with Crippen molar-refractivity contribution >= 4 is 6.03 Å². The van der Waals surface area contributed by atoms with Crippen molar-refractivity contribution in [3.63, 3.8) is 0 Å². The number of hydrogen-bond donors (Lipinski definition) is 1. The summed E-state index contributed by atoms with van der Waals surface area (Å²) >= 11 is 0. The molecule has 0 spiro atoms. The summed E-state index contributed by atoms with van der Waals surface area (Å²) in [6.45, 7) is 4.59. The van der Waals surface area contributed by atoms with Crippen LogP contribution < -0.4 is 5.32 Å². The lowest BCUT2D eigenvalue weighted by atomic mass is 9.95. The lowest BCUT2D eigenvalue weighted by Crippen LogP contribution is -2.46. The Labute approximate surface area is 126 Å². The average molecular weight is 292 g/mol. The third-order valence-electron chi connectivity index (χ3n) is 4.35. The Bertz CT molecular complexity index is 454. The molecule has 4 heteroatoms. The number of carbonyl (C=O) groups excluding carboxylic acids is 1. The standard InChI is InChI=1S/C17H25FN2O/c1-3-20(13(2)14-9-11-15(18)12-10-14)17(21)19-16-7-5-4-6-8-16/h9-13,16H,3-8H2,1-2H3,(H,19,21)/t13-/m0/s1. The molecule has 1 aromatic rings. The van der Waals surface area contributed by atoms with Crippen LogP contribution in [0, 0.1) is 5.82 Å². The Morgan fingerprint density at radius 3 is 2.48 bits per heavy atom. The van der Waals surface area contributed by atoms with Crippen molar-refractivity contribution < 1.29 is 9.18 Å². The van der Waals surface area contributed by atoms with E-state index in [9.17, 15) is 9.18 Å². The molecule has 0 bridgehead atoms. The number of amides is 2. The zero-order valence-electron chi connectivity index (χ0n) is 12.9. The molecule has 0 heterocycles. The van der Waals surface area contributed by atoms with Gasteiger partial charge in [0.1, 0.15) is 5.82 Å². The summed E-state index contributed by atoms with van der Waals surface area (Å²) in [5.74, 6) is -0.249. The molecule has 3 nitrogen and oxygen atoms in total. The van der Waals surface area contributed by atoms with Gasteiger partial charge in [0.15, 0.2) is 0 Å². The highest BCUT2D eigenvalue weighted by molar-refractivity contribution is 5.75. The van der Waals surface area contributed by atoms with Crippen LogP contribution in [-0.4, -0.2) is 23.5 Å². The van der Waals surface area contributed by atoms with Gasteiger partial charge >= 0.3 is 6.03 Å². The Hall–Kier alpha value is -1.58. The van der Waals surface area contributed by atoms with Crippen molar-refractivity contribution in [2.24, 2.45) is 0 Å². The van der Waals surface area contributed by atoms with Crippen molar-refractivity contribution in [1.29, 1.82) is 0 Å². The number of rotatable bonds is 4. The van der Waals surface area contributed by atoms with Crippen LogP contribution >= 0.6 is 0 Å². The van der Waals surface area contributed by atoms with E-state index in [0.717, 1.165) is 18.4 Å². The van der Waals surface area contributed by atoms with Gasteiger partial charge < -0.3 is 10.2 Å². The van der Waals surface area contributed by atoms with Gasteiger partial charge in [-0.05, 0) is 44.4 Å². The molecule has 2 amide bonds. The minimum Gasteiger partial charge on any atom is -0.335 e. The van der Waals surface area contributed by atoms with Crippen molar-refractivity contribution in [3.05, 3.63) is 35.6 Å². The van der Waals surface area contributed by atoms with Crippen LogP contribution in [0.15, 0.2) is 24.3 Å². The Balaban J connectivity index is 1.99. The van der Waals surface area contributed by atoms with Gasteiger partial charge in [-0.3, -0.25) is 0 Å². The molecule has 1 atom stereocenters. The van der Waals surface area contributed by atoms with Crippen LogP contribution in [0.4, 0.5) is 9.18 Å². The topological polar surface area (TPSA) is 32.3 Å². The zero-order chi connectivity index (χ0) is 15.2. The van der Waals surface area contributed by atoms with Crippen molar-refractivity contribution in [1.82, 2.24) is 10.2 Å². The third-order valence-corrected chi connectivity index (χ3v) is 4.35. The highest BCUT2D eigenvalue weighted by atomic mass is 19.1. The summed E-state index contributed by atoms with van der Waals surface area (Å²) in [6, 6.07) is 6.62. The second kappa shape index (κ2) is 7.43. The first-order valence-corrected chi connectivity index (χ1v) is 7.94. The van der Waals surface area contributed by atoms with Crippen LogP contribution in [0.2, 0.25) is 0 Å². The molecule has 21 heavy (non-hydrogen) atoms. The molecule has 0 aromatic heterocycles.